The van der Waals surface area contributed by atoms with Crippen LogP contribution in [0.5, 0.6) is 11.5 Å². The van der Waals surface area contributed by atoms with Gasteiger partial charge in [0.1, 0.15) is 24.3 Å². The number of anilines is 1. The predicted octanol–water partition coefficient (Wildman–Crippen LogP) is 2.64. The average Bonchev–Trinajstić information content (AvgIpc) is 2.74. The molecule has 0 aliphatic carbocycles. The maximum absolute atomic E-state index is 9.15. The van der Waals surface area contributed by atoms with E-state index in [1.54, 1.807) is 24.0 Å². The summed E-state index contributed by atoms with van der Waals surface area (Å²) in [6.07, 6.45) is 1.74. The highest BCUT2D eigenvalue weighted by Crippen LogP contribution is 2.39. The van der Waals surface area contributed by atoms with E-state index in [0.717, 1.165) is 60.7 Å². The Morgan fingerprint density at radius 3 is 2.78 bits per heavy atom. The molecule has 0 saturated carbocycles. The number of nitrogens with zero attached hydrogens (tertiary/aromatic N) is 4. The molecule has 0 N–H and O–H groups in total. The number of para-hydroxylation sites is 1. The summed E-state index contributed by atoms with van der Waals surface area (Å²) in [7, 11) is 0. The lowest BCUT2D eigenvalue weighted by molar-refractivity contribution is 0.171. The Labute approximate surface area is 163 Å². The number of hydrogen-bond acceptors (Lipinski definition) is 7. The van der Waals surface area contributed by atoms with Gasteiger partial charge in [0.2, 0.25) is 0 Å². The van der Waals surface area contributed by atoms with E-state index in [0.29, 0.717) is 18.8 Å². The summed E-state index contributed by atoms with van der Waals surface area (Å²) < 4.78 is 11.5. The average molecular weight is 382 g/mol. The Kier molecular flexibility index (Phi) is 5.66. The first-order chi connectivity index (χ1) is 13.3. The topological polar surface area (TPSA) is 61.6 Å². The van der Waals surface area contributed by atoms with Crippen LogP contribution in [-0.4, -0.2) is 61.6 Å². The zero-order chi connectivity index (χ0) is 18.5. The van der Waals surface area contributed by atoms with Gasteiger partial charge < -0.3 is 14.4 Å². The van der Waals surface area contributed by atoms with Crippen LogP contribution in [0.2, 0.25) is 0 Å². The van der Waals surface area contributed by atoms with Crippen LogP contribution in [0.3, 0.4) is 0 Å². The van der Waals surface area contributed by atoms with Crippen LogP contribution in [-0.2, 0) is 0 Å². The minimum Gasteiger partial charge on any atom is -0.486 e. The molecule has 2 aliphatic rings. The van der Waals surface area contributed by atoms with Crippen molar-refractivity contribution in [2.75, 3.05) is 56.6 Å². The predicted molar refractivity (Wildman–Crippen MR) is 106 cm³/mol. The van der Waals surface area contributed by atoms with E-state index in [1.165, 1.54) is 0 Å². The van der Waals surface area contributed by atoms with E-state index >= 15 is 0 Å². The molecule has 6 nitrogen and oxygen atoms in total. The molecule has 0 unspecified atom stereocenters. The van der Waals surface area contributed by atoms with Gasteiger partial charge in [0.15, 0.2) is 11.5 Å². The third-order valence-electron chi connectivity index (χ3n) is 4.80. The Bertz CT molecular complexity index is 831. The molecule has 0 bridgehead atoms. The van der Waals surface area contributed by atoms with Gasteiger partial charge in [-0.25, -0.2) is 4.98 Å². The summed E-state index contributed by atoms with van der Waals surface area (Å²) >= 11 is 1.66. The van der Waals surface area contributed by atoms with Crippen LogP contribution in [0.15, 0.2) is 41.6 Å². The normalized spacial score (nSPS) is 16.8. The van der Waals surface area contributed by atoms with Crippen molar-refractivity contribution in [3.63, 3.8) is 0 Å². The van der Waals surface area contributed by atoms with Crippen molar-refractivity contribution in [1.82, 2.24) is 9.88 Å². The molecule has 0 amide bonds. The molecule has 1 aromatic heterocycles. The molecule has 140 valence electrons. The molecule has 0 spiro atoms. The number of hydrogen-bond donors (Lipinski definition) is 0. The van der Waals surface area contributed by atoms with Crippen LogP contribution >= 0.6 is 11.8 Å². The van der Waals surface area contributed by atoms with Crippen molar-refractivity contribution >= 4 is 17.4 Å². The number of nitriles is 1. The maximum atomic E-state index is 9.15. The summed E-state index contributed by atoms with van der Waals surface area (Å²) in [5.74, 6) is 2.66. The van der Waals surface area contributed by atoms with Crippen molar-refractivity contribution in [2.24, 2.45) is 0 Å². The molecule has 27 heavy (non-hydrogen) atoms. The van der Waals surface area contributed by atoms with Gasteiger partial charge in [-0.1, -0.05) is 6.07 Å². The number of ether oxygens (including phenoxy) is 2. The van der Waals surface area contributed by atoms with Gasteiger partial charge in [-0.3, -0.25) is 4.90 Å². The van der Waals surface area contributed by atoms with E-state index in [9.17, 15) is 0 Å². The Morgan fingerprint density at radius 2 is 1.93 bits per heavy atom. The van der Waals surface area contributed by atoms with E-state index < -0.39 is 0 Å². The molecule has 7 heteroatoms. The van der Waals surface area contributed by atoms with Gasteiger partial charge in [0, 0.05) is 44.7 Å². The lowest BCUT2D eigenvalue weighted by atomic mass is 10.2. The van der Waals surface area contributed by atoms with E-state index in [2.05, 4.69) is 26.9 Å². The quantitative estimate of drug-likeness (QED) is 0.737. The van der Waals surface area contributed by atoms with Crippen molar-refractivity contribution in [2.45, 2.75) is 5.03 Å². The molecular weight excluding hydrogens is 360 g/mol. The van der Waals surface area contributed by atoms with E-state index in [4.69, 9.17) is 14.7 Å². The molecule has 0 atom stereocenters. The van der Waals surface area contributed by atoms with Crippen molar-refractivity contribution in [3.8, 4) is 17.6 Å². The number of piperazine rings is 1. The van der Waals surface area contributed by atoms with E-state index in [-0.39, 0.29) is 0 Å². The van der Waals surface area contributed by atoms with Crippen LogP contribution in [0.4, 0.5) is 5.69 Å². The molecule has 2 aliphatic heterocycles. The summed E-state index contributed by atoms with van der Waals surface area (Å²) in [5, 5.41) is 9.98. The fourth-order valence-electron chi connectivity index (χ4n) is 3.38. The minimum absolute atomic E-state index is 0.611. The fourth-order valence-corrected chi connectivity index (χ4v) is 4.33. The van der Waals surface area contributed by atoms with E-state index in [1.807, 2.05) is 18.2 Å². The lowest BCUT2D eigenvalue weighted by Gasteiger charge is -2.37. The van der Waals surface area contributed by atoms with Crippen molar-refractivity contribution < 1.29 is 9.47 Å². The second kappa shape index (κ2) is 8.51. The summed E-state index contributed by atoms with van der Waals surface area (Å²) in [6, 6.07) is 12.0. The first-order valence-electron chi connectivity index (χ1n) is 9.19. The summed E-state index contributed by atoms with van der Waals surface area (Å²) in [5.41, 5.74) is 1.79. The van der Waals surface area contributed by atoms with Crippen LogP contribution < -0.4 is 14.4 Å². The molecule has 3 heterocycles. The lowest BCUT2D eigenvalue weighted by Crippen LogP contribution is -2.47. The highest BCUT2D eigenvalue weighted by molar-refractivity contribution is 7.99. The van der Waals surface area contributed by atoms with Gasteiger partial charge in [-0.15, -0.1) is 11.8 Å². The Balaban J connectivity index is 1.29. The first kappa shape index (κ1) is 18.0. The first-order valence-corrected chi connectivity index (χ1v) is 10.2. The second-order valence-corrected chi connectivity index (χ2v) is 7.53. The number of thioether (sulfide) groups is 1. The second-order valence-electron chi connectivity index (χ2n) is 6.45. The highest BCUT2D eigenvalue weighted by Gasteiger charge is 2.23. The highest BCUT2D eigenvalue weighted by atomic mass is 32.2. The molecule has 1 saturated heterocycles. The zero-order valence-electron chi connectivity index (χ0n) is 15.1. The smallest absolute Gasteiger partial charge is 0.184 e. The molecule has 2 aromatic rings. The molecule has 1 fully saturated rings. The van der Waals surface area contributed by atoms with Crippen LogP contribution in [0.1, 0.15) is 5.56 Å². The number of pyridine rings is 1. The minimum atomic E-state index is 0.611. The fraction of sp³-hybridized carbons (Fsp3) is 0.400. The van der Waals surface area contributed by atoms with Crippen molar-refractivity contribution in [3.05, 3.63) is 42.1 Å². The van der Waals surface area contributed by atoms with Gasteiger partial charge >= 0.3 is 0 Å². The third kappa shape index (κ3) is 4.12. The number of fused-ring (bicyclic) bond motifs is 1. The Morgan fingerprint density at radius 1 is 1.07 bits per heavy atom. The molecule has 1 aromatic carbocycles. The van der Waals surface area contributed by atoms with Gasteiger partial charge in [0.05, 0.1) is 11.3 Å². The monoisotopic (exact) mass is 382 g/mol. The van der Waals surface area contributed by atoms with Crippen molar-refractivity contribution in [1.29, 1.82) is 5.26 Å². The van der Waals surface area contributed by atoms with Crippen LogP contribution in [0, 0.1) is 11.3 Å². The Hall–Kier alpha value is -2.43. The molecule has 4 rings (SSSR count). The largest absolute Gasteiger partial charge is 0.486 e. The number of rotatable bonds is 5. The van der Waals surface area contributed by atoms with Crippen LogP contribution in [0.25, 0.3) is 0 Å². The maximum Gasteiger partial charge on any atom is 0.184 e. The summed E-state index contributed by atoms with van der Waals surface area (Å²) in [4.78, 5) is 9.15. The van der Waals surface area contributed by atoms with Gasteiger partial charge in [0.25, 0.3) is 0 Å². The molecule has 0 radical (unpaired) electrons. The standard InChI is InChI=1S/C20H22N4O2S/c21-15-16-3-2-6-22-20(16)27-14-11-23-7-9-24(10-8-23)17-4-1-5-18-19(17)26-13-12-25-18/h1-6H,7-14H2. The number of benzene rings is 1. The molecular formula is C20H22N4O2S. The number of aromatic nitrogens is 1. The van der Waals surface area contributed by atoms with Gasteiger partial charge in [-0.05, 0) is 24.3 Å². The third-order valence-corrected chi connectivity index (χ3v) is 5.78. The van der Waals surface area contributed by atoms with Gasteiger partial charge in [-0.2, -0.15) is 5.26 Å². The summed E-state index contributed by atoms with van der Waals surface area (Å²) in [6.45, 7) is 6.18. The zero-order valence-corrected chi connectivity index (χ0v) is 16.0. The SMILES string of the molecule is N#Cc1cccnc1SCCN1CCN(c2cccc3c2OCCO3)CC1.